The predicted octanol–water partition coefficient (Wildman–Crippen LogP) is 3.18. The summed E-state index contributed by atoms with van der Waals surface area (Å²) >= 11 is 3.38. The smallest absolute Gasteiger partial charge is 0.305 e. The van der Waals surface area contributed by atoms with Crippen LogP contribution in [0.25, 0.3) is 0 Å². The van der Waals surface area contributed by atoms with Crippen molar-refractivity contribution in [2.45, 2.75) is 31.7 Å². The van der Waals surface area contributed by atoms with Gasteiger partial charge in [0.2, 0.25) is 0 Å². The molecular formula is C15H18BrNO3. The molecule has 0 N–H and O–H groups in total. The van der Waals surface area contributed by atoms with Gasteiger partial charge in [-0.05, 0) is 37.5 Å². The second-order valence-corrected chi connectivity index (χ2v) is 5.84. The summed E-state index contributed by atoms with van der Waals surface area (Å²) in [4.78, 5) is 24.7. The molecule has 108 valence electrons. The normalized spacial score (nSPS) is 18.1. The Balaban J connectivity index is 2.14. The van der Waals surface area contributed by atoms with Gasteiger partial charge in [-0.3, -0.25) is 9.59 Å². The van der Waals surface area contributed by atoms with Crippen molar-refractivity contribution >= 4 is 33.9 Å². The summed E-state index contributed by atoms with van der Waals surface area (Å²) in [5, 5.41) is 0. The van der Waals surface area contributed by atoms with Crippen LogP contribution in [0.2, 0.25) is 0 Å². The molecule has 0 aromatic heterocycles. The molecular weight excluding hydrogens is 322 g/mol. The molecule has 0 saturated carbocycles. The Morgan fingerprint density at radius 3 is 3.05 bits per heavy atom. The molecule has 0 radical (unpaired) electrons. The highest BCUT2D eigenvalue weighted by atomic mass is 79.9. The number of nitrogens with zero attached hydrogens (tertiary/aromatic N) is 1. The highest BCUT2D eigenvalue weighted by Gasteiger charge is 2.26. The highest BCUT2D eigenvalue weighted by molar-refractivity contribution is 9.10. The zero-order valence-electron chi connectivity index (χ0n) is 11.5. The Hall–Kier alpha value is -1.36. The largest absolute Gasteiger partial charge is 0.469 e. The van der Waals surface area contributed by atoms with Crippen molar-refractivity contribution in [1.82, 2.24) is 0 Å². The van der Waals surface area contributed by atoms with Gasteiger partial charge in [-0.25, -0.2) is 0 Å². The van der Waals surface area contributed by atoms with Gasteiger partial charge in [0.15, 0.2) is 6.29 Å². The number of rotatable bonds is 5. The minimum absolute atomic E-state index is 0.178. The summed E-state index contributed by atoms with van der Waals surface area (Å²) in [5.41, 5.74) is 1.64. The summed E-state index contributed by atoms with van der Waals surface area (Å²) in [6.07, 6.45) is 4.20. The van der Waals surface area contributed by atoms with Gasteiger partial charge in [-0.15, -0.1) is 0 Å². The van der Waals surface area contributed by atoms with Crippen molar-refractivity contribution in [3.63, 3.8) is 0 Å². The van der Waals surface area contributed by atoms with Crippen LogP contribution in [-0.2, 0) is 9.53 Å². The Bertz CT molecular complexity index is 504. The van der Waals surface area contributed by atoms with E-state index < -0.39 is 0 Å². The second-order valence-electron chi connectivity index (χ2n) is 4.93. The van der Waals surface area contributed by atoms with E-state index in [0.29, 0.717) is 18.0 Å². The molecule has 2 rings (SSSR count). The van der Waals surface area contributed by atoms with Crippen molar-refractivity contribution in [2.75, 3.05) is 18.6 Å². The van der Waals surface area contributed by atoms with Crippen LogP contribution in [0.1, 0.15) is 36.0 Å². The zero-order chi connectivity index (χ0) is 14.5. The summed E-state index contributed by atoms with van der Waals surface area (Å²) in [7, 11) is 1.41. The fourth-order valence-corrected chi connectivity index (χ4v) is 3.10. The lowest BCUT2D eigenvalue weighted by atomic mass is 10.1. The van der Waals surface area contributed by atoms with E-state index in [1.54, 1.807) is 0 Å². The van der Waals surface area contributed by atoms with Crippen LogP contribution in [-0.4, -0.2) is 32.0 Å². The molecule has 1 heterocycles. The van der Waals surface area contributed by atoms with Gasteiger partial charge < -0.3 is 9.64 Å². The quantitative estimate of drug-likeness (QED) is 0.610. The van der Waals surface area contributed by atoms with E-state index in [2.05, 4.69) is 20.8 Å². The molecule has 20 heavy (non-hydrogen) atoms. The average Bonchev–Trinajstić information content (AvgIpc) is 2.92. The maximum absolute atomic E-state index is 11.3. The average molecular weight is 340 g/mol. The maximum Gasteiger partial charge on any atom is 0.305 e. The van der Waals surface area contributed by atoms with Gasteiger partial charge in [0.25, 0.3) is 0 Å². The molecule has 1 atom stereocenters. The van der Waals surface area contributed by atoms with Crippen LogP contribution in [0, 0.1) is 0 Å². The third kappa shape index (κ3) is 3.39. The van der Waals surface area contributed by atoms with E-state index in [4.69, 9.17) is 4.74 Å². The van der Waals surface area contributed by atoms with Gasteiger partial charge >= 0.3 is 5.97 Å². The Kier molecular flexibility index (Phi) is 5.17. The number of aldehydes is 1. The van der Waals surface area contributed by atoms with Crippen LogP contribution in [0.4, 0.5) is 5.69 Å². The first-order chi connectivity index (χ1) is 9.65. The van der Waals surface area contributed by atoms with Gasteiger partial charge in [-0.2, -0.15) is 0 Å². The van der Waals surface area contributed by atoms with Crippen LogP contribution in [0.5, 0.6) is 0 Å². The van der Waals surface area contributed by atoms with Crippen molar-refractivity contribution in [2.24, 2.45) is 0 Å². The Morgan fingerprint density at radius 1 is 1.55 bits per heavy atom. The van der Waals surface area contributed by atoms with E-state index in [9.17, 15) is 9.59 Å². The van der Waals surface area contributed by atoms with E-state index in [1.807, 2.05) is 18.2 Å². The lowest BCUT2D eigenvalue weighted by Gasteiger charge is -2.28. The molecule has 5 heteroatoms. The van der Waals surface area contributed by atoms with E-state index >= 15 is 0 Å². The molecule has 0 amide bonds. The van der Waals surface area contributed by atoms with Crippen molar-refractivity contribution in [3.05, 3.63) is 28.2 Å². The van der Waals surface area contributed by atoms with E-state index in [0.717, 1.165) is 42.3 Å². The lowest BCUT2D eigenvalue weighted by Crippen LogP contribution is -2.30. The Morgan fingerprint density at radius 2 is 2.35 bits per heavy atom. The number of hydrogen-bond acceptors (Lipinski definition) is 4. The SMILES string of the molecule is COC(=O)CCC1CCCN1c1ccc(Br)cc1C=O. The zero-order valence-corrected chi connectivity index (χ0v) is 13.1. The molecule has 0 bridgehead atoms. The third-order valence-electron chi connectivity index (χ3n) is 3.71. The molecule has 1 fully saturated rings. The number of carbonyl (C=O) groups is 2. The fraction of sp³-hybridized carbons (Fsp3) is 0.467. The topological polar surface area (TPSA) is 46.6 Å². The highest BCUT2D eigenvalue weighted by Crippen LogP contribution is 2.31. The standard InChI is InChI=1S/C15H18BrNO3/c1-20-15(19)7-5-13-3-2-8-17(13)14-6-4-12(16)9-11(14)10-18/h4,6,9-10,13H,2-3,5,7-8H2,1H3. The van der Waals surface area contributed by atoms with Crippen molar-refractivity contribution < 1.29 is 14.3 Å². The predicted molar refractivity (Wildman–Crippen MR) is 81.1 cm³/mol. The molecule has 1 unspecified atom stereocenters. The number of benzene rings is 1. The van der Waals surface area contributed by atoms with Gasteiger partial charge in [0.1, 0.15) is 0 Å². The minimum Gasteiger partial charge on any atom is -0.469 e. The molecule has 1 aliphatic rings. The fourth-order valence-electron chi connectivity index (χ4n) is 2.72. The van der Waals surface area contributed by atoms with Crippen molar-refractivity contribution in [1.29, 1.82) is 0 Å². The number of anilines is 1. The minimum atomic E-state index is -0.178. The number of methoxy groups -OCH3 is 1. The van der Waals surface area contributed by atoms with Crippen LogP contribution in [0.3, 0.4) is 0 Å². The molecule has 4 nitrogen and oxygen atoms in total. The third-order valence-corrected chi connectivity index (χ3v) is 4.21. The first-order valence-corrected chi connectivity index (χ1v) is 7.53. The first kappa shape index (κ1) is 15.0. The number of esters is 1. The first-order valence-electron chi connectivity index (χ1n) is 6.74. The molecule has 1 saturated heterocycles. The number of hydrogen-bond donors (Lipinski definition) is 0. The molecule has 1 aromatic carbocycles. The summed E-state index contributed by atoms with van der Waals surface area (Å²) in [5.74, 6) is -0.178. The number of halogens is 1. The van der Waals surface area contributed by atoms with Gasteiger partial charge in [0, 0.05) is 34.7 Å². The number of carbonyl (C=O) groups excluding carboxylic acids is 2. The monoisotopic (exact) mass is 339 g/mol. The van der Waals surface area contributed by atoms with Crippen molar-refractivity contribution in [3.8, 4) is 0 Å². The van der Waals surface area contributed by atoms with Gasteiger partial charge in [0.05, 0.1) is 7.11 Å². The second kappa shape index (κ2) is 6.88. The van der Waals surface area contributed by atoms with E-state index in [1.165, 1.54) is 7.11 Å². The van der Waals surface area contributed by atoms with Gasteiger partial charge in [-0.1, -0.05) is 15.9 Å². The van der Waals surface area contributed by atoms with E-state index in [-0.39, 0.29) is 5.97 Å². The van der Waals surface area contributed by atoms with Crippen LogP contribution >= 0.6 is 15.9 Å². The lowest BCUT2D eigenvalue weighted by molar-refractivity contribution is -0.140. The Labute approximate surface area is 127 Å². The van der Waals surface area contributed by atoms with Crippen LogP contribution in [0.15, 0.2) is 22.7 Å². The molecule has 1 aliphatic heterocycles. The molecule has 0 spiro atoms. The van der Waals surface area contributed by atoms with Crippen LogP contribution < -0.4 is 4.90 Å². The molecule has 1 aromatic rings. The summed E-state index contributed by atoms with van der Waals surface area (Å²) in [6.45, 7) is 0.925. The maximum atomic E-state index is 11.3. The number of ether oxygens (including phenoxy) is 1. The summed E-state index contributed by atoms with van der Waals surface area (Å²) in [6, 6.07) is 6.04. The molecule has 0 aliphatic carbocycles. The summed E-state index contributed by atoms with van der Waals surface area (Å²) < 4.78 is 5.59.